The molecule has 0 saturated carbocycles. The van der Waals surface area contributed by atoms with Crippen LogP contribution >= 0.6 is 11.8 Å². The highest BCUT2D eigenvalue weighted by molar-refractivity contribution is 7.99. The Hall–Kier alpha value is -1.95. The van der Waals surface area contributed by atoms with Gasteiger partial charge in [-0.05, 0) is 49.0 Å². The van der Waals surface area contributed by atoms with Crippen molar-refractivity contribution in [2.24, 2.45) is 0 Å². The molecule has 2 aliphatic heterocycles. The van der Waals surface area contributed by atoms with Crippen molar-refractivity contribution in [1.29, 1.82) is 0 Å². The van der Waals surface area contributed by atoms with Crippen LogP contribution in [0.15, 0.2) is 35.6 Å². The summed E-state index contributed by atoms with van der Waals surface area (Å²) in [6, 6.07) is 7.31. The number of nitrogens with one attached hydrogen (secondary N) is 2. The minimum Gasteiger partial charge on any atom is -0.509 e. The van der Waals surface area contributed by atoms with Crippen molar-refractivity contribution in [3.63, 3.8) is 0 Å². The quantitative estimate of drug-likeness (QED) is 0.730. The summed E-state index contributed by atoms with van der Waals surface area (Å²) in [5.41, 5.74) is 0.709. The first-order valence-corrected chi connectivity index (χ1v) is 8.39. The second-order valence-corrected chi connectivity index (χ2v) is 6.92. The summed E-state index contributed by atoms with van der Waals surface area (Å²) in [4.78, 5) is 24.5. The molecule has 3 rings (SSSR count). The van der Waals surface area contributed by atoms with Crippen LogP contribution in [-0.4, -0.2) is 34.0 Å². The van der Waals surface area contributed by atoms with Crippen molar-refractivity contribution >= 4 is 29.3 Å². The molecule has 3 N–H and O–H groups in total. The maximum atomic E-state index is 12.4. The molecule has 0 unspecified atom stereocenters. The Morgan fingerprint density at radius 3 is 2.77 bits per heavy atom. The molecule has 6 heteroatoms. The molecule has 0 atom stereocenters. The third-order valence-corrected chi connectivity index (χ3v) is 5.10. The summed E-state index contributed by atoms with van der Waals surface area (Å²) in [5, 5.41) is 16.0. The molecule has 0 bridgehead atoms. The zero-order valence-electron chi connectivity index (χ0n) is 12.3. The van der Waals surface area contributed by atoms with Gasteiger partial charge in [-0.3, -0.25) is 9.59 Å². The predicted molar refractivity (Wildman–Crippen MR) is 86.9 cm³/mol. The van der Waals surface area contributed by atoms with E-state index in [4.69, 9.17) is 0 Å². The van der Waals surface area contributed by atoms with Gasteiger partial charge >= 0.3 is 0 Å². The van der Waals surface area contributed by atoms with Gasteiger partial charge in [-0.2, -0.15) is 11.8 Å². The van der Waals surface area contributed by atoms with Crippen molar-refractivity contribution in [1.82, 2.24) is 5.32 Å². The maximum absolute atomic E-state index is 12.4. The first-order valence-electron chi connectivity index (χ1n) is 7.24. The van der Waals surface area contributed by atoms with Crippen LogP contribution in [0.4, 0.5) is 5.69 Å². The Balaban J connectivity index is 1.86. The van der Waals surface area contributed by atoms with Crippen molar-refractivity contribution < 1.29 is 14.7 Å². The van der Waals surface area contributed by atoms with Crippen LogP contribution < -0.4 is 10.6 Å². The van der Waals surface area contributed by atoms with Gasteiger partial charge in [-0.15, -0.1) is 0 Å². The Labute approximate surface area is 133 Å². The lowest BCUT2D eigenvalue weighted by Crippen LogP contribution is -2.47. The maximum Gasteiger partial charge on any atom is 0.264 e. The van der Waals surface area contributed by atoms with E-state index < -0.39 is 17.4 Å². The number of aliphatic hydroxyl groups excluding tert-OH is 1. The van der Waals surface area contributed by atoms with Crippen molar-refractivity contribution in [3.05, 3.63) is 41.2 Å². The summed E-state index contributed by atoms with van der Waals surface area (Å²) < 4.78 is 0. The van der Waals surface area contributed by atoms with Crippen LogP contribution in [0.2, 0.25) is 0 Å². The largest absolute Gasteiger partial charge is 0.509 e. The summed E-state index contributed by atoms with van der Waals surface area (Å²) >= 11 is 1.79. The molecule has 1 aromatic carbocycles. The SMILES string of the molecule is Cc1cccc(NC(=O)C2=C(O)C3(CCSCC3)NC2=O)c1. The Kier molecular flexibility index (Phi) is 3.87. The second-order valence-electron chi connectivity index (χ2n) is 5.70. The van der Waals surface area contributed by atoms with Crippen molar-refractivity contribution in [2.75, 3.05) is 16.8 Å². The molecule has 1 fully saturated rings. The van der Waals surface area contributed by atoms with E-state index in [1.54, 1.807) is 17.8 Å². The van der Waals surface area contributed by atoms with E-state index in [0.717, 1.165) is 17.1 Å². The predicted octanol–water partition coefficient (Wildman–Crippen LogP) is 2.14. The van der Waals surface area contributed by atoms with E-state index in [9.17, 15) is 14.7 Å². The Morgan fingerprint density at radius 2 is 2.09 bits per heavy atom. The van der Waals surface area contributed by atoms with E-state index in [0.29, 0.717) is 18.5 Å². The topological polar surface area (TPSA) is 78.4 Å². The first-order chi connectivity index (χ1) is 10.5. The number of hydrogen-bond acceptors (Lipinski definition) is 4. The van der Waals surface area contributed by atoms with Gasteiger partial charge in [0.05, 0.1) is 5.54 Å². The monoisotopic (exact) mass is 318 g/mol. The average Bonchev–Trinajstić information content (AvgIpc) is 2.70. The molecule has 2 amide bonds. The molecule has 2 aliphatic rings. The standard InChI is InChI=1S/C16H18N2O3S/c1-10-3-2-4-11(9-10)17-14(20)12-13(19)16(18-15(12)21)5-7-22-8-6-16/h2-4,9,19H,5-8H2,1H3,(H,17,20)(H,18,21). The Morgan fingerprint density at radius 1 is 1.36 bits per heavy atom. The number of rotatable bonds is 2. The third kappa shape index (κ3) is 2.59. The molecular weight excluding hydrogens is 300 g/mol. The minimum atomic E-state index is -0.748. The fourth-order valence-corrected chi connectivity index (χ4v) is 4.08. The van der Waals surface area contributed by atoms with E-state index in [-0.39, 0.29) is 11.3 Å². The number of anilines is 1. The van der Waals surface area contributed by atoms with Crippen LogP contribution in [0.25, 0.3) is 0 Å². The number of aliphatic hydroxyl groups is 1. The van der Waals surface area contributed by atoms with Gasteiger partial charge in [-0.25, -0.2) is 0 Å². The average molecular weight is 318 g/mol. The van der Waals surface area contributed by atoms with E-state index in [2.05, 4.69) is 10.6 Å². The number of thioether (sulfide) groups is 1. The van der Waals surface area contributed by atoms with Gasteiger partial charge in [0, 0.05) is 5.69 Å². The highest BCUT2D eigenvalue weighted by atomic mass is 32.2. The molecule has 1 aromatic rings. The molecule has 5 nitrogen and oxygen atoms in total. The fraction of sp³-hybridized carbons (Fsp3) is 0.375. The Bertz CT molecular complexity index is 663. The summed E-state index contributed by atoms with van der Waals surface area (Å²) in [6.07, 6.45) is 1.30. The number of carbonyl (C=O) groups excluding carboxylic acids is 2. The van der Waals surface area contributed by atoms with Gasteiger partial charge in [0.15, 0.2) is 0 Å². The lowest BCUT2D eigenvalue weighted by molar-refractivity contribution is -0.121. The van der Waals surface area contributed by atoms with Gasteiger partial charge in [0.25, 0.3) is 11.8 Å². The lowest BCUT2D eigenvalue weighted by Gasteiger charge is -2.32. The smallest absolute Gasteiger partial charge is 0.264 e. The number of benzene rings is 1. The van der Waals surface area contributed by atoms with Gasteiger partial charge < -0.3 is 15.7 Å². The zero-order chi connectivity index (χ0) is 15.7. The molecule has 0 aromatic heterocycles. The molecule has 116 valence electrons. The highest BCUT2D eigenvalue weighted by Crippen LogP contribution is 2.37. The normalized spacial score (nSPS) is 20.1. The van der Waals surface area contributed by atoms with E-state index in [1.165, 1.54) is 0 Å². The zero-order valence-corrected chi connectivity index (χ0v) is 13.1. The summed E-state index contributed by atoms with van der Waals surface area (Å²) in [6.45, 7) is 1.92. The van der Waals surface area contributed by atoms with E-state index in [1.807, 2.05) is 25.1 Å². The molecular formula is C16H18N2O3S. The van der Waals surface area contributed by atoms with Crippen LogP contribution in [0, 0.1) is 6.92 Å². The van der Waals surface area contributed by atoms with Gasteiger partial charge in [0.1, 0.15) is 11.3 Å². The van der Waals surface area contributed by atoms with E-state index >= 15 is 0 Å². The molecule has 0 radical (unpaired) electrons. The lowest BCUT2D eigenvalue weighted by atomic mass is 9.91. The van der Waals surface area contributed by atoms with Crippen LogP contribution in [0.5, 0.6) is 0 Å². The number of aryl methyl sites for hydroxylation is 1. The van der Waals surface area contributed by atoms with Crippen LogP contribution in [0.1, 0.15) is 18.4 Å². The summed E-state index contributed by atoms with van der Waals surface area (Å²) in [5.74, 6) is 0.557. The first kappa shape index (κ1) is 15.0. The number of carbonyl (C=O) groups is 2. The third-order valence-electron chi connectivity index (χ3n) is 4.12. The molecule has 2 heterocycles. The minimum absolute atomic E-state index is 0.108. The van der Waals surface area contributed by atoms with Crippen molar-refractivity contribution in [3.8, 4) is 0 Å². The second kappa shape index (κ2) is 5.68. The van der Waals surface area contributed by atoms with Gasteiger partial charge in [0.2, 0.25) is 0 Å². The highest BCUT2D eigenvalue weighted by Gasteiger charge is 2.48. The van der Waals surface area contributed by atoms with Crippen molar-refractivity contribution in [2.45, 2.75) is 25.3 Å². The number of hydrogen-bond donors (Lipinski definition) is 3. The number of amides is 2. The molecule has 1 spiro atoms. The van der Waals surface area contributed by atoms with Crippen LogP contribution in [-0.2, 0) is 9.59 Å². The molecule has 22 heavy (non-hydrogen) atoms. The fourth-order valence-electron chi connectivity index (χ4n) is 2.89. The van der Waals surface area contributed by atoms with Gasteiger partial charge in [-0.1, -0.05) is 12.1 Å². The van der Waals surface area contributed by atoms with Crippen LogP contribution in [0.3, 0.4) is 0 Å². The molecule has 0 aliphatic carbocycles. The molecule has 1 saturated heterocycles. The summed E-state index contributed by atoms with van der Waals surface area (Å²) in [7, 11) is 0.